The van der Waals surface area contributed by atoms with Crippen LogP contribution in [0.3, 0.4) is 0 Å². The van der Waals surface area contributed by atoms with E-state index in [-0.39, 0.29) is 24.5 Å². The molecule has 20 heavy (non-hydrogen) atoms. The average Bonchev–Trinajstić information content (AvgIpc) is 2.35. The molecule has 0 spiro atoms. The Morgan fingerprint density at radius 2 is 2.00 bits per heavy atom. The summed E-state index contributed by atoms with van der Waals surface area (Å²) in [5.74, 6) is 0.0575. The van der Waals surface area contributed by atoms with Gasteiger partial charge < -0.3 is 10.1 Å². The van der Waals surface area contributed by atoms with Crippen LogP contribution in [0.4, 0.5) is 13.2 Å². The minimum atomic E-state index is -4.13. The van der Waals surface area contributed by atoms with Crippen molar-refractivity contribution in [3.05, 3.63) is 0 Å². The highest BCUT2D eigenvalue weighted by Crippen LogP contribution is 2.24. The minimum Gasteiger partial charge on any atom is -0.372 e. The number of piperidine rings is 1. The van der Waals surface area contributed by atoms with Crippen LogP contribution in [0, 0.1) is 5.92 Å². The van der Waals surface area contributed by atoms with Crippen molar-refractivity contribution in [3.8, 4) is 0 Å². The maximum Gasteiger partial charge on any atom is 0.401 e. The van der Waals surface area contributed by atoms with Crippen molar-refractivity contribution >= 4 is 5.91 Å². The Labute approximate surface area is 117 Å². The van der Waals surface area contributed by atoms with E-state index in [1.165, 1.54) is 4.90 Å². The topological polar surface area (TPSA) is 41.6 Å². The Kier molecular flexibility index (Phi) is 6.75. The highest BCUT2D eigenvalue weighted by molar-refractivity contribution is 5.77. The monoisotopic (exact) mass is 296 g/mol. The number of hydrogen-bond donors (Lipinski definition) is 1. The highest BCUT2D eigenvalue weighted by Gasteiger charge is 2.33. The first-order valence-electron chi connectivity index (χ1n) is 6.98. The second-order valence-corrected chi connectivity index (χ2v) is 5.22. The van der Waals surface area contributed by atoms with Gasteiger partial charge in [0.1, 0.15) is 6.61 Å². The molecule has 118 valence electrons. The molecular weight excluding hydrogens is 273 g/mol. The van der Waals surface area contributed by atoms with Gasteiger partial charge in [0.15, 0.2) is 0 Å². The Balaban J connectivity index is 2.28. The summed E-state index contributed by atoms with van der Waals surface area (Å²) in [6.45, 7) is 4.24. The smallest absolute Gasteiger partial charge is 0.372 e. The zero-order chi connectivity index (χ0) is 15.2. The Bertz CT molecular complexity index is 302. The average molecular weight is 296 g/mol. The summed E-state index contributed by atoms with van der Waals surface area (Å²) in [7, 11) is 0. The molecule has 7 heteroatoms. The molecule has 1 amide bonds. The molecule has 1 saturated heterocycles. The number of likely N-dealkylation sites (tertiary alicyclic amines) is 1. The summed E-state index contributed by atoms with van der Waals surface area (Å²) in [6, 6.07) is -0.0315. The van der Waals surface area contributed by atoms with Gasteiger partial charge in [0, 0.05) is 12.6 Å². The molecule has 4 nitrogen and oxygen atoms in total. The maximum absolute atomic E-state index is 12.3. The predicted molar refractivity (Wildman–Crippen MR) is 69.3 cm³/mol. The molecule has 0 unspecified atom stereocenters. The molecule has 1 aliphatic rings. The van der Waals surface area contributed by atoms with E-state index in [1.54, 1.807) is 0 Å². The molecule has 1 heterocycles. The van der Waals surface area contributed by atoms with E-state index in [0.717, 1.165) is 0 Å². The van der Waals surface area contributed by atoms with Crippen LogP contribution in [0.2, 0.25) is 0 Å². The second kappa shape index (κ2) is 7.83. The molecule has 0 aromatic rings. The summed E-state index contributed by atoms with van der Waals surface area (Å²) in [5, 5.41) is 2.84. The minimum absolute atomic E-state index is 0.0315. The van der Waals surface area contributed by atoms with Crippen molar-refractivity contribution in [3.63, 3.8) is 0 Å². The van der Waals surface area contributed by atoms with Crippen LogP contribution in [0.1, 0.15) is 26.7 Å². The number of alkyl halides is 3. The lowest BCUT2D eigenvalue weighted by Gasteiger charge is -2.35. The standard InChI is InChI=1S/C13H23F3N2O2/c1-3-20-8-12(19)17-10(2)11-4-6-18(7-5-11)9-13(14,15)16/h10-11H,3-9H2,1-2H3,(H,17,19)/t10-/m0/s1. The lowest BCUT2D eigenvalue weighted by Crippen LogP contribution is -2.46. The van der Waals surface area contributed by atoms with Gasteiger partial charge in [-0.3, -0.25) is 9.69 Å². The van der Waals surface area contributed by atoms with Crippen LogP contribution in [-0.4, -0.2) is 55.9 Å². The third-order valence-electron chi connectivity index (χ3n) is 3.57. The van der Waals surface area contributed by atoms with Gasteiger partial charge in [-0.2, -0.15) is 13.2 Å². The van der Waals surface area contributed by atoms with Crippen LogP contribution in [0.25, 0.3) is 0 Å². The molecule has 1 rings (SSSR count). The zero-order valence-electron chi connectivity index (χ0n) is 12.0. The van der Waals surface area contributed by atoms with Gasteiger partial charge in [0.2, 0.25) is 5.91 Å². The first kappa shape index (κ1) is 17.2. The maximum atomic E-state index is 12.3. The van der Waals surface area contributed by atoms with Crippen molar-refractivity contribution in [2.75, 3.05) is 32.8 Å². The van der Waals surface area contributed by atoms with Gasteiger partial charge in [-0.05, 0) is 45.7 Å². The molecule has 1 fully saturated rings. The zero-order valence-corrected chi connectivity index (χ0v) is 12.0. The second-order valence-electron chi connectivity index (χ2n) is 5.22. The molecule has 1 N–H and O–H groups in total. The van der Waals surface area contributed by atoms with E-state index in [9.17, 15) is 18.0 Å². The van der Waals surface area contributed by atoms with Crippen molar-refractivity contribution in [2.45, 2.75) is 38.9 Å². The Morgan fingerprint density at radius 3 is 2.50 bits per heavy atom. The number of rotatable bonds is 6. The lowest BCUT2D eigenvalue weighted by atomic mass is 9.90. The van der Waals surface area contributed by atoms with Crippen LogP contribution in [0.5, 0.6) is 0 Å². The van der Waals surface area contributed by atoms with Gasteiger partial charge in [0.25, 0.3) is 0 Å². The number of nitrogens with one attached hydrogen (secondary N) is 1. The van der Waals surface area contributed by atoms with E-state index >= 15 is 0 Å². The third kappa shape index (κ3) is 6.56. The van der Waals surface area contributed by atoms with Crippen molar-refractivity contribution in [1.82, 2.24) is 10.2 Å². The number of ether oxygens (including phenoxy) is 1. The Hall–Kier alpha value is -0.820. The number of carbonyl (C=O) groups excluding carboxylic acids is 1. The van der Waals surface area contributed by atoms with E-state index in [2.05, 4.69) is 5.32 Å². The fraction of sp³-hybridized carbons (Fsp3) is 0.923. The fourth-order valence-corrected chi connectivity index (χ4v) is 2.47. The number of nitrogens with zero attached hydrogens (tertiary/aromatic N) is 1. The van der Waals surface area contributed by atoms with E-state index in [0.29, 0.717) is 32.5 Å². The quantitative estimate of drug-likeness (QED) is 0.812. The number of amides is 1. The lowest BCUT2D eigenvalue weighted by molar-refractivity contribution is -0.148. The summed E-state index contributed by atoms with van der Waals surface area (Å²) in [4.78, 5) is 12.9. The molecule has 0 aromatic carbocycles. The van der Waals surface area contributed by atoms with Gasteiger partial charge in [-0.15, -0.1) is 0 Å². The first-order valence-corrected chi connectivity index (χ1v) is 6.98. The molecule has 0 radical (unpaired) electrons. The molecule has 0 aromatic heterocycles. The van der Waals surface area contributed by atoms with E-state index in [4.69, 9.17) is 4.74 Å². The molecule has 1 aliphatic heterocycles. The SMILES string of the molecule is CCOCC(=O)N[C@@H](C)C1CCN(CC(F)(F)F)CC1. The van der Waals surface area contributed by atoms with Crippen molar-refractivity contribution < 1.29 is 22.7 Å². The van der Waals surface area contributed by atoms with E-state index in [1.807, 2.05) is 13.8 Å². The van der Waals surface area contributed by atoms with Crippen molar-refractivity contribution in [1.29, 1.82) is 0 Å². The largest absolute Gasteiger partial charge is 0.401 e. The normalized spacial score (nSPS) is 19.9. The number of halogens is 3. The van der Waals surface area contributed by atoms with Gasteiger partial charge in [0.05, 0.1) is 6.54 Å². The first-order chi connectivity index (χ1) is 9.31. The third-order valence-corrected chi connectivity index (χ3v) is 3.57. The van der Waals surface area contributed by atoms with Gasteiger partial charge >= 0.3 is 6.18 Å². The van der Waals surface area contributed by atoms with Crippen LogP contribution >= 0.6 is 0 Å². The highest BCUT2D eigenvalue weighted by atomic mass is 19.4. The van der Waals surface area contributed by atoms with E-state index < -0.39 is 12.7 Å². The van der Waals surface area contributed by atoms with Gasteiger partial charge in [-0.25, -0.2) is 0 Å². The summed E-state index contributed by atoms with van der Waals surface area (Å²) < 4.78 is 41.8. The summed E-state index contributed by atoms with van der Waals surface area (Å²) >= 11 is 0. The fourth-order valence-electron chi connectivity index (χ4n) is 2.47. The number of hydrogen-bond acceptors (Lipinski definition) is 3. The number of carbonyl (C=O) groups is 1. The van der Waals surface area contributed by atoms with Gasteiger partial charge in [-0.1, -0.05) is 0 Å². The van der Waals surface area contributed by atoms with Crippen LogP contribution < -0.4 is 5.32 Å². The Morgan fingerprint density at radius 1 is 1.40 bits per heavy atom. The van der Waals surface area contributed by atoms with Crippen molar-refractivity contribution in [2.24, 2.45) is 5.92 Å². The van der Waals surface area contributed by atoms with Crippen LogP contribution in [-0.2, 0) is 9.53 Å². The summed E-state index contributed by atoms with van der Waals surface area (Å²) in [5.41, 5.74) is 0. The molecule has 1 atom stereocenters. The predicted octanol–water partition coefficient (Wildman–Crippen LogP) is 1.80. The van der Waals surface area contributed by atoms with Crippen LogP contribution in [0.15, 0.2) is 0 Å². The summed E-state index contributed by atoms with van der Waals surface area (Å²) in [6.07, 6.45) is -2.79. The molecule has 0 saturated carbocycles. The molecule has 0 aliphatic carbocycles. The molecule has 0 bridgehead atoms. The molecular formula is C13H23F3N2O2.